The Morgan fingerprint density at radius 3 is 2.84 bits per heavy atom. The number of nitro groups is 1. The lowest BCUT2D eigenvalue weighted by Crippen LogP contribution is -2.31. The molecular weight excluding hydrogens is 312 g/mol. The van der Waals surface area contributed by atoms with E-state index < -0.39 is 0 Å². The first-order chi connectivity index (χ1) is 9.15. The van der Waals surface area contributed by atoms with Crippen molar-refractivity contribution in [3.63, 3.8) is 0 Å². The van der Waals surface area contributed by atoms with Crippen molar-refractivity contribution in [2.45, 2.75) is 31.4 Å². The smallest absolute Gasteiger partial charge is 0.293 e. The van der Waals surface area contributed by atoms with Crippen molar-refractivity contribution in [2.24, 2.45) is 5.92 Å². The maximum Gasteiger partial charge on any atom is 0.293 e. The average molecular weight is 327 g/mol. The summed E-state index contributed by atoms with van der Waals surface area (Å²) in [6.07, 6.45) is 3.55. The van der Waals surface area contributed by atoms with E-state index in [9.17, 15) is 10.1 Å². The Bertz CT molecular complexity index is 505. The number of nitrogens with one attached hydrogen (secondary N) is 1. The predicted molar refractivity (Wildman–Crippen MR) is 75.3 cm³/mol. The minimum absolute atomic E-state index is 0.107. The molecule has 0 spiro atoms. The molecule has 1 N–H and O–H groups in total. The molecule has 0 bridgehead atoms. The minimum atomic E-state index is -0.352. The molecule has 2 atom stereocenters. The molecule has 3 rings (SSSR count). The van der Waals surface area contributed by atoms with Crippen molar-refractivity contribution in [3.8, 4) is 0 Å². The van der Waals surface area contributed by atoms with Crippen LogP contribution in [0.4, 0.5) is 11.4 Å². The highest BCUT2D eigenvalue weighted by Crippen LogP contribution is 2.40. The summed E-state index contributed by atoms with van der Waals surface area (Å²) in [7, 11) is 0. The number of rotatable bonds is 4. The lowest BCUT2D eigenvalue weighted by Gasteiger charge is -2.20. The zero-order chi connectivity index (χ0) is 13.4. The Morgan fingerprint density at radius 2 is 2.16 bits per heavy atom. The first-order valence-electron chi connectivity index (χ1n) is 6.47. The number of nitro benzene ring substituents is 1. The van der Waals surface area contributed by atoms with Gasteiger partial charge in [0, 0.05) is 17.1 Å². The number of benzene rings is 1. The van der Waals surface area contributed by atoms with Crippen LogP contribution in [0.15, 0.2) is 22.7 Å². The molecule has 1 aliphatic heterocycles. The van der Waals surface area contributed by atoms with E-state index in [0.717, 1.165) is 13.0 Å². The van der Waals surface area contributed by atoms with E-state index in [-0.39, 0.29) is 22.8 Å². The quantitative estimate of drug-likeness (QED) is 0.680. The van der Waals surface area contributed by atoms with E-state index >= 15 is 0 Å². The fourth-order valence-electron chi connectivity index (χ4n) is 2.63. The monoisotopic (exact) mass is 326 g/mol. The third kappa shape index (κ3) is 2.74. The van der Waals surface area contributed by atoms with Crippen molar-refractivity contribution < 1.29 is 9.66 Å². The zero-order valence-electron chi connectivity index (χ0n) is 10.3. The van der Waals surface area contributed by atoms with Gasteiger partial charge in [-0.15, -0.1) is 0 Å². The van der Waals surface area contributed by atoms with Gasteiger partial charge in [0.2, 0.25) is 0 Å². The number of nitrogens with zero attached hydrogens (tertiary/aromatic N) is 1. The third-order valence-electron chi connectivity index (χ3n) is 3.72. The maximum absolute atomic E-state index is 11.1. The largest absolute Gasteiger partial charge is 0.376 e. The highest BCUT2D eigenvalue weighted by Gasteiger charge is 2.41. The molecule has 1 heterocycles. The fraction of sp³-hybridized carbons (Fsp3) is 0.538. The molecule has 1 saturated heterocycles. The Balaban J connectivity index is 1.80. The number of ether oxygens (including phenoxy) is 1. The van der Waals surface area contributed by atoms with Crippen LogP contribution in [-0.2, 0) is 4.74 Å². The Labute approximate surface area is 119 Å². The van der Waals surface area contributed by atoms with Crippen molar-refractivity contribution in [1.82, 2.24) is 0 Å². The van der Waals surface area contributed by atoms with E-state index in [2.05, 4.69) is 21.2 Å². The number of anilines is 1. The summed E-state index contributed by atoms with van der Waals surface area (Å²) in [4.78, 5) is 10.7. The molecule has 0 aromatic heterocycles. The second kappa shape index (κ2) is 5.09. The van der Waals surface area contributed by atoms with Crippen LogP contribution in [0.25, 0.3) is 0 Å². The normalized spacial score (nSPS) is 26.4. The van der Waals surface area contributed by atoms with Crippen molar-refractivity contribution in [1.29, 1.82) is 0 Å². The Morgan fingerprint density at radius 1 is 1.37 bits per heavy atom. The molecule has 1 saturated carbocycles. The molecule has 0 radical (unpaired) electrons. The first kappa shape index (κ1) is 12.9. The second-order valence-electron chi connectivity index (χ2n) is 5.13. The standard InChI is InChI=1S/C13H15BrN2O3/c14-9-3-4-10(12(7-9)16(17)18)15-11-5-6-19-13(11)8-1-2-8/h3-4,7-8,11,13,15H,1-2,5-6H2. The highest BCUT2D eigenvalue weighted by atomic mass is 79.9. The van der Waals surface area contributed by atoms with Crippen LogP contribution in [0.3, 0.4) is 0 Å². The molecule has 5 nitrogen and oxygen atoms in total. The zero-order valence-corrected chi connectivity index (χ0v) is 11.9. The molecule has 1 aromatic rings. The maximum atomic E-state index is 11.1. The lowest BCUT2D eigenvalue weighted by atomic mass is 10.1. The van der Waals surface area contributed by atoms with Gasteiger partial charge in [-0.25, -0.2) is 0 Å². The van der Waals surface area contributed by atoms with E-state index in [1.807, 2.05) is 6.07 Å². The summed E-state index contributed by atoms with van der Waals surface area (Å²) in [6.45, 7) is 0.739. The SMILES string of the molecule is O=[N+]([O-])c1cc(Br)ccc1NC1CCOC1C1CC1. The van der Waals surface area contributed by atoms with E-state index in [0.29, 0.717) is 16.1 Å². The molecule has 2 unspecified atom stereocenters. The number of hydrogen-bond acceptors (Lipinski definition) is 4. The predicted octanol–water partition coefficient (Wildman–Crippen LogP) is 3.34. The van der Waals surface area contributed by atoms with Crippen LogP contribution in [0.1, 0.15) is 19.3 Å². The van der Waals surface area contributed by atoms with E-state index in [1.165, 1.54) is 18.9 Å². The Kier molecular flexibility index (Phi) is 3.45. The van der Waals surface area contributed by atoms with Gasteiger partial charge in [-0.2, -0.15) is 0 Å². The molecular formula is C13H15BrN2O3. The molecule has 6 heteroatoms. The van der Waals surface area contributed by atoms with E-state index in [1.54, 1.807) is 6.07 Å². The van der Waals surface area contributed by atoms with Gasteiger partial charge in [0.15, 0.2) is 0 Å². The molecule has 0 amide bonds. The molecule has 2 aliphatic rings. The van der Waals surface area contributed by atoms with Crippen LogP contribution < -0.4 is 5.32 Å². The van der Waals surface area contributed by atoms with Gasteiger partial charge in [-0.3, -0.25) is 10.1 Å². The van der Waals surface area contributed by atoms with Gasteiger partial charge in [0.25, 0.3) is 5.69 Å². The second-order valence-corrected chi connectivity index (χ2v) is 6.05. The van der Waals surface area contributed by atoms with Gasteiger partial charge >= 0.3 is 0 Å². The highest BCUT2D eigenvalue weighted by molar-refractivity contribution is 9.10. The summed E-state index contributed by atoms with van der Waals surface area (Å²) in [5, 5.41) is 14.4. The molecule has 2 fully saturated rings. The van der Waals surface area contributed by atoms with Crippen LogP contribution in [0.2, 0.25) is 0 Å². The third-order valence-corrected chi connectivity index (χ3v) is 4.21. The van der Waals surface area contributed by atoms with Crippen LogP contribution in [-0.4, -0.2) is 23.7 Å². The summed E-state index contributed by atoms with van der Waals surface area (Å²) in [6, 6.07) is 5.29. The molecule has 19 heavy (non-hydrogen) atoms. The Hall–Kier alpha value is -1.14. The van der Waals surface area contributed by atoms with Gasteiger partial charge in [0.05, 0.1) is 17.1 Å². The van der Waals surface area contributed by atoms with Crippen molar-refractivity contribution in [2.75, 3.05) is 11.9 Å². The molecule has 102 valence electrons. The number of hydrogen-bond donors (Lipinski definition) is 1. The first-order valence-corrected chi connectivity index (χ1v) is 7.26. The van der Waals surface area contributed by atoms with Crippen LogP contribution in [0, 0.1) is 16.0 Å². The summed E-state index contributed by atoms with van der Waals surface area (Å²) in [5.41, 5.74) is 0.685. The summed E-state index contributed by atoms with van der Waals surface area (Å²) >= 11 is 3.27. The summed E-state index contributed by atoms with van der Waals surface area (Å²) in [5.74, 6) is 0.634. The molecule has 1 aliphatic carbocycles. The van der Waals surface area contributed by atoms with Gasteiger partial charge < -0.3 is 10.1 Å². The summed E-state index contributed by atoms with van der Waals surface area (Å²) < 4.78 is 6.46. The number of halogens is 1. The van der Waals surface area contributed by atoms with Gasteiger partial charge in [0.1, 0.15) is 5.69 Å². The average Bonchev–Trinajstić information content (AvgIpc) is 3.12. The molecule has 1 aromatic carbocycles. The topological polar surface area (TPSA) is 64.4 Å². The van der Waals surface area contributed by atoms with Crippen molar-refractivity contribution in [3.05, 3.63) is 32.8 Å². The fourth-order valence-corrected chi connectivity index (χ4v) is 2.98. The van der Waals surface area contributed by atoms with E-state index in [4.69, 9.17) is 4.74 Å². The van der Waals surface area contributed by atoms with Gasteiger partial charge in [-0.05, 0) is 37.3 Å². The van der Waals surface area contributed by atoms with Crippen LogP contribution in [0.5, 0.6) is 0 Å². The lowest BCUT2D eigenvalue weighted by molar-refractivity contribution is -0.384. The minimum Gasteiger partial charge on any atom is -0.376 e. The van der Waals surface area contributed by atoms with Gasteiger partial charge in [-0.1, -0.05) is 15.9 Å². The van der Waals surface area contributed by atoms with Crippen molar-refractivity contribution >= 4 is 27.3 Å². The van der Waals surface area contributed by atoms with Crippen LogP contribution >= 0.6 is 15.9 Å².